The van der Waals surface area contributed by atoms with Gasteiger partial charge in [-0.1, -0.05) is 36.4 Å². The Labute approximate surface area is 196 Å². The molecule has 34 heavy (non-hydrogen) atoms. The summed E-state index contributed by atoms with van der Waals surface area (Å²) in [5.41, 5.74) is 2.85. The van der Waals surface area contributed by atoms with Crippen molar-refractivity contribution in [2.75, 3.05) is 6.61 Å². The SMILES string of the molecule is CCOC(=O)c1[nH]c(C)c(/C(O)=C2\C(=O)C(=O)N(Cc3cccnc3)[C@@H]2c2ccccc2)c1C. The van der Waals surface area contributed by atoms with Crippen LogP contribution >= 0.6 is 0 Å². The zero-order chi connectivity index (χ0) is 24.4. The van der Waals surface area contributed by atoms with Gasteiger partial charge in [-0.2, -0.15) is 0 Å². The number of aromatic nitrogens is 2. The van der Waals surface area contributed by atoms with E-state index in [1.165, 1.54) is 4.90 Å². The third-order valence-corrected chi connectivity index (χ3v) is 5.88. The van der Waals surface area contributed by atoms with Gasteiger partial charge in [0.1, 0.15) is 11.5 Å². The van der Waals surface area contributed by atoms with Crippen LogP contribution in [0.5, 0.6) is 0 Å². The van der Waals surface area contributed by atoms with E-state index >= 15 is 0 Å². The molecule has 8 heteroatoms. The molecule has 0 bridgehead atoms. The van der Waals surface area contributed by atoms with Gasteiger partial charge in [0.15, 0.2) is 0 Å². The number of aromatic amines is 1. The number of carbonyl (C=O) groups is 3. The molecule has 1 aliphatic heterocycles. The number of aryl methyl sites for hydroxylation is 1. The molecule has 3 aromatic rings. The molecule has 174 valence electrons. The molecular weight excluding hydrogens is 434 g/mol. The van der Waals surface area contributed by atoms with Gasteiger partial charge in [0.2, 0.25) is 0 Å². The van der Waals surface area contributed by atoms with Crippen molar-refractivity contribution >= 4 is 23.4 Å². The summed E-state index contributed by atoms with van der Waals surface area (Å²) in [7, 11) is 0. The zero-order valence-electron chi connectivity index (χ0n) is 19.2. The topological polar surface area (TPSA) is 113 Å². The first-order valence-electron chi connectivity index (χ1n) is 10.9. The standard InChI is InChI=1S/C26H25N3O5/c1-4-34-26(33)21-15(2)19(16(3)28-21)23(30)20-22(18-10-6-5-7-11-18)29(25(32)24(20)31)14-17-9-8-12-27-13-17/h5-13,22,28,30H,4,14H2,1-3H3/b23-20+/t22-/m1/s1. The van der Waals surface area contributed by atoms with Crippen LogP contribution in [-0.4, -0.2) is 44.2 Å². The molecule has 0 unspecified atom stereocenters. The molecule has 2 N–H and O–H groups in total. The lowest BCUT2D eigenvalue weighted by molar-refractivity contribution is -0.140. The van der Waals surface area contributed by atoms with Crippen LogP contribution in [-0.2, 0) is 20.9 Å². The number of rotatable bonds is 6. The molecule has 1 saturated heterocycles. The van der Waals surface area contributed by atoms with Gasteiger partial charge >= 0.3 is 5.97 Å². The number of pyridine rings is 1. The zero-order valence-corrected chi connectivity index (χ0v) is 19.2. The molecule has 4 rings (SSSR count). The molecule has 0 radical (unpaired) electrons. The van der Waals surface area contributed by atoms with Crippen molar-refractivity contribution in [1.82, 2.24) is 14.9 Å². The normalized spacial score (nSPS) is 17.3. The molecule has 1 aliphatic rings. The summed E-state index contributed by atoms with van der Waals surface area (Å²) >= 11 is 0. The Morgan fingerprint density at radius 2 is 1.88 bits per heavy atom. The molecule has 1 fully saturated rings. The van der Waals surface area contributed by atoms with E-state index in [0.29, 0.717) is 22.4 Å². The van der Waals surface area contributed by atoms with E-state index < -0.39 is 23.7 Å². The summed E-state index contributed by atoms with van der Waals surface area (Å²) in [5, 5.41) is 11.4. The minimum Gasteiger partial charge on any atom is -0.507 e. The maximum absolute atomic E-state index is 13.2. The molecule has 2 aromatic heterocycles. The van der Waals surface area contributed by atoms with Gasteiger partial charge in [-0.25, -0.2) is 4.79 Å². The highest BCUT2D eigenvalue weighted by atomic mass is 16.5. The van der Waals surface area contributed by atoms with Crippen molar-refractivity contribution in [2.24, 2.45) is 0 Å². The van der Waals surface area contributed by atoms with Crippen LogP contribution in [0, 0.1) is 13.8 Å². The van der Waals surface area contributed by atoms with Crippen LogP contribution in [0.1, 0.15) is 51.4 Å². The third-order valence-electron chi connectivity index (χ3n) is 5.88. The van der Waals surface area contributed by atoms with E-state index in [4.69, 9.17) is 4.74 Å². The number of aliphatic hydroxyl groups excluding tert-OH is 1. The predicted octanol–water partition coefficient (Wildman–Crippen LogP) is 3.83. The number of carbonyl (C=O) groups excluding carboxylic acids is 3. The lowest BCUT2D eigenvalue weighted by Gasteiger charge is -2.25. The van der Waals surface area contributed by atoms with Gasteiger partial charge in [0.05, 0.1) is 18.2 Å². The summed E-state index contributed by atoms with van der Waals surface area (Å²) < 4.78 is 5.09. The van der Waals surface area contributed by atoms with Crippen molar-refractivity contribution in [1.29, 1.82) is 0 Å². The number of nitrogens with one attached hydrogen (secondary N) is 1. The second-order valence-electron chi connectivity index (χ2n) is 8.04. The van der Waals surface area contributed by atoms with E-state index in [0.717, 1.165) is 5.56 Å². The number of likely N-dealkylation sites (tertiary alicyclic amines) is 1. The predicted molar refractivity (Wildman–Crippen MR) is 125 cm³/mol. The highest BCUT2D eigenvalue weighted by Gasteiger charge is 2.46. The van der Waals surface area contributed by atoms with Gasteiger partial charge in [-0.15, -0.1) is 0 Å². The van der Waals surface area contributed by atoms with Gasteiger partial charge < -0.3 is 19.7 Å². The molecule has 1 atom stereocenters. The van der Waals surface area contributed by atoms with E-state index in [-0.39, 0.29) is 30.2 Å². The maximum Gasteiger partial charge on any atom is 0.355 e. The van der Waals surface area contributed by atoms with Crippen LogP contribution in [0.15, 0.2) is 60.4 Å². The van der Waals surface area contributed by atoms with Crippen LogP contribution < -0.4 is 0 Å². The molecule has 1 amide bonds. The number of aliphatic hydroxyl groups is 1. The van der Waals surface area contributed by atoms with Crippen molar-refractivity contribution in [3.8, 4) is 0 Å². The molecule has 0 saturated carbocycles. The summed E-state index contributed by atoms with van der Waals surface area (Å²) in [6.45, 7) is 5.40. The fraction of sp³-hybridized carbons (Fsp3) is 0.231. The number of amides is 1. The average Bonchev–Trinajstić information content (AvgIpc) is 3.27. The Bertz CT molecular complexity index is 1280. The largest absolute Gasteiger partial charge is 0.507 e. The number of benzene rings is 1. The number of hydrogen-bond donors (Lipinski definition) is 2. The first-order chi connectivity index (χ1) is 16.3. The Hall–Kier alpha value is -4.20. The van der Waals surface area contributed by atoms with Crippen LogP contribution in [0.2, 0.25) is 0 Å². The minimum atomic E-state index is -0.804. The fourth-order valence-corrected chi connectivity index (χ4v) is 4.36. The number of nitrogens with zero attached hydrogens (tertiary/aromatic N) is 2. The van der Waals surface area contributed by atoms with Crippen LogP contribution in [0.25, 0.3) is 5.76 Å². The number of ketones is 1. The highest BCUT2D eigenvalue weighted by molar-refractivity contribution is 6.46. The summed E-state index contributed by atoms with van der Waals surface area (Å²) in [6, 6.07) is 11.8. The van der Waals surface area contributed by atoms with Gasteiger partial charge in [0.25, 0.3) is 11.7 Å². The van der Waals surface area contributed by atoms with Crippen LogP contribution in [0.4, 0.5) is 0 Å². The lowest BCUT2D eigenvalue weighted by atomic mass is 9.94. The maximum atomic E-state index is 13.2. The Balaban J connectivity index is 1.88. The lowest BCUT2D eigenvalue weighted by Crippen LogP contribution is -2.29. The Morgan fingerprint density at radius 1 is 1.15 bits per heavy atom. The van der Waals surface area contributed by atoms with Crippen LogP contribution in [0.3, 0.4) is 0 Å². The molecule has 0 spiro atoms. The Morgan fingerprint density at radius 3 is 2.53 bits per heavy atom. The van der Waals surface area contributed by atoms with Gasteiger partial charge in [0, 0.05) is 30.2 Å². The monoisotopic (exact) mass is 459 g/mol. The highest BCUT2D eigenvalue weighted by Crippen LogP contribution is 2.41. The van der Waals surface area contributed by atoms with Crippen molar-refractivity contribution in [3.63, 3.8) is 0 Å². The van der Waals surface area contributed by atoms with E-state index in [9.17, 15) is 19.5 Å². The molecule has 0 aliphatic carbocycles. The molecule has 8 nitrogen and oxygen atoms in total. The first-order valence-corrected chi connectivity index (χ1v) is 10.9. The smallest absolute Gasteiger partial charge is 0.355 e. The first kappa shape index (κ1) is 23.0. The summed E-state index contributed by atoms with van der Waals surface area (Å²) in [4.78, 5) is 47.2. The van der Waals surface area contributed by atoms with E-state index in [2.05, 4.69) is 9.97 Å². The molecule has 3 heterocycles. The Kier molecular flexibility index (Phi) is 6.32. The summed E-state index contributed by atoms with van der Waals surface area (Å²) in [6.07, 6.45) is 3.26. The van der Waals surface area contributed by atoms with Crippen molar-refractivity contribution in [2.45, 2.75) is 33.4 Å². The second kappa shape index (κ2) is 9.35. The number of H-pyrrole nitrogens is 1. The second-order valence-corrected chi connectivity index (χ2v) is 8.04. The van der Waals surface area contributed by atoms with E-state index in [1.807, 2.05) is 24.3 Å². The number of ether oxygens (including phenoxy) is 1. The molecule has 1 aromatic carbocycles. The fourth-order valence-electron chi connectivity index (χ4n) is 4.36. The third kappa shape index (κ3) is 3.98. The molecular formula is C26H25N3O5. The quantitative estimate of drug-likeness (QED) is 0.251. The number of hydrogen-bond acceptors (Lipinski definition) is 6. The minimum absolute atomic E-state index is 0.0271. The van der Waals surface area contributed by atoms with E-state index in [1.54, 1.807) is 51.4 Å². The average molecular weight is 460 g/mol. The van der Waals surface area contributed by atoms with Gasteiger partial charge in [-0.05, 0) is 43.5 Å². The number of Topliss-reactive ketones (excluding diaryl/α,β-unsaturated/α-hetero) is 1. The number of esters is 1. The van der Waals surface area contributed by atoms with Crippen molar-refractivity contribution in [3.05, 3.63) is 94.1 Å². The summed E-state index contributed by atoms with van der Waals surface area (Å²) in [5.74, 6) is -2.38. The van der Waals surface area contributed by atoms with Gasteiger partial charge in [-0.3, -0.25) is 14.6 Å². The van der Waals surface area contributed by atoms with Crippen molar-refractivity contribution < 1.29 is 24.2 Å².